The number of aryl methyl sites for hydroxylation is 1. The van der Waals surface area contributed by atoms with Gasteiger partial charge in [-0.25, -0.2) is 0 Å². The molecule has 0 saturated heterocycles. The fourth-order valence-electron chi connectivity index (χ4n) is 2.96. The first-order valence-corrected chi connectivity index (χ1v) is 8.02. The van der Waals surface area contributed by atoms with E-state index in [0.29, 0.717) is 12.3 Å². The van der Waals surface area contributed by atoms with E-state index >= 15 is 0 Å². The van der Waals surface area contributed by atoms with Crippen molar-refractivity contribution in [3.8, 4) is 5.75 Å². The Morgan fingerprint density at radius 2 is 2.09 bits per heavy atom. The molecular formula is C18H23N3O2. The number of aromatic nitrogens is 2. The lowest BCUT2D eigenvalue weighted by Crippen LogP contribution is -2.41. The second-order valence-electron chi connectivity index (χ2n) is 6.24. The number of anilines is 1. The monoisotopic (exact) mass is 313 g/mol. The van der Waals surface area contributed by atoms with Crippen LogP contribution in [0.1, 0.15) is 25.3 Å². The van der Waals surface area contributed by atoms with Crippen LogP contribution in [-0.2, 0) is 18.3 Å². The molecule has 0 N–H and O–H groups in total. The quantitative estimate of drug-likeness (QED) is 0.824. The van der Waals surface area contributed by atoms with Crippen LogP contribution in [0.5, 0.6) is 5.75 Å². The standard InChI is InChI=1S/C18H23N3O2/c1-13(15-4-5-15)21(16-6-8-17(23-3)9-7-16)18(22)10-14-11-19-20(2)12-14/h6-9,11-13,15H,4-5,10H2,1-3H3. The molecule has 1 amide bonds. The number of hydrogen-bond donors (Lipinski definition) is 0. The molecule has 1 atom stereocenters. The average molecular weight is 313 g/mol. The van der Waals surface area contributed by atoms with Gasteiger partial charge < -0.3 is 9.64 Å². The number of carbonyl (C=O) groups is 1. The molecule has 23 heavy (non-hydrogen) atoms. The van der Waals surface area contributed by atoms with Gasteiger partial charge in [-0.3, -0.25) is 9.48 Å². The van der Waals surface area contributed by atoms with Crippen LogP contribution in [0.4, 0.5) is 5.69 Å². The molecule has 1 unspecified atom stereocenters. The van der Waals surface area contributed by atoms with Crippen LogP contribution in [0.25, 0.3) is 0 Å². The third-order valence-corrected chi connectivity index (χ3v) is 4.44. The number of nitrogens with zero attached hydrogens (tertiary/aromatic N) is 3. The fraction of sp³-hybridized carbons (Fsp3) is 0.444. The van der Waals surface area contributed by atoms with E-state index in [1.54, 1.807) is 18.0 Å². The maximum atomic E-state index is 12.9. The van der Waals surface area contributed by atoms with Crippen LogP contribution >= 0.6 is 0 Å². The molecule has 1 fully saturated rings. The summed E-state index contributed by atoms with van der Waals surface area (Å²) in [6.07, 6.45) is 6.43. The first-order chi connectivity index (χ1) is 11.1. The van der Waals surface area contributed by atoms with Crippen molar-refractivity contribution in [3.05, 3.63) is 42.2 Å². The lowest BCUT2D eigenvalue weighted by atomic mass is 10.1. The number of ether oxygens (including phenoxy) is 1. The Morgan fingerprint density at radius 3 is 2.61 bits per heavy atom. The van der Waals surface area contributed by atoms with Crippen LogP contribution in [-0.4, -0.2) is 28.8 Å². The molecule has 1 aliphatic carbocycles. The van der Waals surface area contributed by atoms with E-state index in [-0.39, 0.29) is 11.9 Å². The normalized spacial score (nSPS) is 15.3. The lowest BCUT2D eigenvalue weighted by molar-refractivity contribution is -0.118. The van der Waals surface area contributed by atoms with E-state index in [4.69, 9.17) is 4.74 Å². The second kappa shape index (κ2) is 6.44. The van der Waals surface area contributed by atoms with Crippen molar-refractivity contribution in [1.82, 2.24) is 9.78 Å². The first-order valence-electron chi connectivity index (χ1n) is 8.02. The molecule has 0 aliphatic heterocycles. The number of benzene rings is 1. The van der Waals surface area contributed by atoms with E-state index < -0.39 is 0 Å². The van der Waals surface area contributed by atoms with Gasteiger partial charge in [0.15, 0.2) is 0 Å². The Morgan fingerprint density at radius 1 is 1.39 bits per heavy atom. The Labute approximate surface area is 136 Å². The molecule has 1 aliphatic rings. The highest BCUT2D eigenvalue weighted by atomic mass is 16.5. The Balaban J connectivity index is 1.83. The zero-order chi connectivity index (χ0) is 16.4. The zero-order valence-corrected chi connectivity index (χ0v) is 13.9. The molecular weight excluding hydrogens is 290 g/mol. The maximum Gasteiger partial charge on any atom is 0.231 e. The minimum Gasteiger partial charge on any atom is -0.497 e. The van der Waals surface area contributed by atoms with Gasteiger partial charge in [-0.15, -0.1) is 0 Å². The Hall–Kier alpha value is -2.30. The summed E-state index contributed by atoms with van der Waals surface area (Å²) in [7, 11) is 3.51. The summed E-state index contributed by atoms with van der Waals surface area (Å²) in [4.78, 5) is 14.8. The number of methoxy groups -OCH3 is 1. The number of carbonyl (C=O) groups excluding carboxylic acids is 1. The van der Waals surface area contributed by atoms with Gasteiger partial charge in [0.05, 0.1) is 19.7 Å². The summed E-state index contributed by atoms with van der Waals surface area (Å²) < 4.78 is 6.94. The largest absolute Gasteiger partial charge is 0.497 e. The molecule has 1 aromatic carbocycles. The van der Waals surface area contributed by atoms with Gasteiger partial charge in [0, 0.05) is 25.0 Å². The van der Waals surface area contributed by atoms with Crippen molar-refractivity contribution in [1.29, 1.82) is 0 Å². The van der Waals surface area contributed by atoms with Crippen LogP contribution in [0, 0.1) is 5.92 Å². The number of amides is 1. The molecule has 1 heterocycles. The van der Waals surface area contributed by atoms with Gasteiger partial charge >= 0.3 is 0 Å². The molecule has 5 nitrogen and oxygen atoms in total. The highest BCUT2D eigenvalue weighted by molar-refractivity contribution is 5.95. The molecule has 2 aromatic rings. The summed E-state index contributed by atoms with van der Waals surface area (Å²) in [6, 6.07) is 7.93. The van der Waals surface area contributed by atoms with Crippen molar-refractivity contribution >= 4 is 11.6 Å². The average Bonchev–Trinajstić information content (AvgIpc) is 3.32. The Bertz CT molecular complexity index is 674. The van der Waals surface area contributed by atoms with Gasteiger partial charge in [-0.2, -0.15) is 5.10 Å². The number of hydrogen-bond acceptors (Lipinski definition) is 3. The van der Waals surface area contributed by atoms with E-state index in [1.165, 1.54) is 12.8 Å². The Kier molecular flexibility index (Phi) is 4.37. The minimum absolute atomic E-state index is 0.113. The van der Waals surface area contributed by atoms with E-state index in [9.17, 15) is 4.79 Å². The molecule has 0 bridgehead atoms. The van der Waals surface area contributed by atoms with Gasteiger partial charge in [0.1, 0.15) is 5.75 Å². The van der Waals surface area contributed by atoms with Gasteiger partial charge in [0.25, 0.3) is 0 Å². The predicted molar refractivity (Wildman–Crippen MR) is 89.6 cm³/mol. The first kappa shape index (κ1) is 15.6. The molecule has 1 saturated carbocycles. The molecule has 3 rings (SSSR count). The predicted octanol–water partition coefficient (Wildman–Crippen LogP) is 2.80. The summed E-state index contributed by atoms with van der Waals surface area (Å²) in [5.41, 5.74) is 1.87. The van der Waals surface area contributed by atoms with Crippen molar-refractivity contribution in [2.75, 3.05) is 12.0 Å². The fourth-order valence-corrected chi connectivity index (χ4v) is 2.96. The van der Waals surface area contributed by atoms with E-state index in [2.05, 4.69) is 12.0 Å². The summed E-state index contributed by atoms with van der Waals surface area (Å²) in [6.45, 7) is 2.14. The maximum absolute atomic E-state index is 12.9. The van der Waals surface area contributed by atoms with Crippen molar-refractivity contribution in [2.24, 2.45) is 13.0 Å². The van der Waals surface area contributed by atoms with Gasteiger partial charge in [-0.05, 0) is 55.5 Å². The topological polar surface area (TPSA) is 47.4 Å². The summed E-state index contributed by atoms with van der Waals surface area (Å²) in [5.74, 6) is 1.52. The van der Waals surface area contributed by atoms with Crippen molar-refractivity contribution < 1.29 is 9.53 Å². The van der Waals surface area contributed by atoms with Crippen LogP contribution in [0.15, 0.2) is 36.7 Å². The summed E-state index contributed by atoms with van der Waals surface area (Å²) in [5, 5.41) is 4.15. The van der Waals surface area contributed by atoms with Crippen LogP contribution < -0.4 is 9.64 Å². The third-order valence-electron chi connectivity index (χ3n) is 4.44. The summed E-state index contributed by atoms with van der Waals surface area (Å²) >= 11 is 0. The highest BCUT2D eigenvalue weighted by Crippen LogP contribution is 2.37. The minimum atomic E-state index is 0.113. The molecule has 5 heteroatoms. The smallest absolute Gasteiger partial charge is 0.231 e. The van der Waals surface area contributed by atoms with Gasteiger partial charge in [-0.1, -0.05) is 0 Å². The SMILES string of the molecule is COc1ccc(N(C(=O)Cc2cnn(C)c2)C(C)C2CC2)cc1. The van der Waals surface area contributed by atoms with Crippen LogP contribution in [0.3, 0.4) is 0 Å². The molecule has 122 valence electrons. The number of rotatable bonds is 6. The lowest BCUT2D eigenvalue weighted by Gasteiger charge is -2.29. The van der Waals surface area contributed by atoms with E-state index in [0.717, 1.165) is 17.0 Å². The van der Waals surface area contributed by atoms with Crippen LogP contribution in [0.2, 0.25) is 0 Å². The highest BCUT2D eigenvalue weighted by Gasteiger charge is 2.35. The van der Waals surface area contributed by atoms with Gasteiger partial charge in [0.2, 0.25) is 5.91 Å². The third kappa shape index (κ3) is 3.55. The van der Waals surface area contributed by atoms with Crippen molar-refractivity contribution in [2.45, 2.75) is 32.2 Å². The zero-order valence-electron chi connectivity index (χ0n) is 13.9. The molecule has 0 radical (unpaired) electrons. The van der Waals surface area contributed by atoms with Crippen molar-refractivity contribution in [3.63, 3.8) is 0 Å². The molecule has 0 spiro atoms. The molecule has 1 aromatic heterocycles. The second-order valence-corrected chi connectivity index (χ2v) is 6.24. The van der Waals surface area contributed by atoms with E-state index in [1.807, 2.05) is 42.4 Å².